The topological polar surface area (TPSA) is 91.8 Å². The van der Waals surface area contributed by atoms with Gasteiger partial charge in [-0.3, -0.25) is 14.3 Å². The summed E-state index contributed by atoms with van der Waals surface area (Å²) in [6.07, 6.45) is 3.29. The maximum Gasteiger partial charge on any atom is 0.272 e. The van der Waals surface area contributed by atoms with Gasteiger partial charge in [-0.15, -0.1) is 0 Å². The molecule has 3 N–H and O–H groups in total. The lowest BCUT2D eigenvalue weighted by Crippen LogP contribution is -2.15. The first-order valence-corrected chi connectivity index (χ1v) is 8.79. The van der Waals surface area contributed by atoms with Crippen LogP contribution < -0.4 is 10.6 Å². The number of aryl methyl sites for hydroxylation is 2. The van der Waals surface area contributed by atoms with Crippen molar-refractivity contribution in [1.82, 2.24) is 14.8 Å². The molecule has 2 amide bonds. The summed E-state index contributed by atoms with van der Waals surface area (Å²) < 4.78 is 1.61. The molecule has 0 bridgehead atoms. The van der Waals surface area contributed by atoms with E-state index in [1.165, 1.54) is 0 Å². The van der Waals surface area contributed by atoms with Crippen LogP contribution >= 0.6 is 0 Å². The molecule has 2 heterocycles. The lowest BCUT2D eigenvalue weighted by Gasteiger charge is -2.10. The van der Waals surface area contributed by atoms with E-state index in [2.05, 4.69) is 20.7 Å². The molecule has 4 rings (SSSR count). The van der Waals surface area contributed by atoms with Crippen molar-refractivity contribution in [2.24, 2.45) is 7.05 Å². The predicted octanol–water partition coefficient (Wildman–Crippen LogP) is 3.71. The van der Waals surface area contributed by atoms with Crippen molar-refractivity contribution < 1.29 is 9.59 Å². The van der Waals surface area contributed by atoms with E-state index in [1.54, 1.807) is 48.4 Å². The van der Waals surface area contributed by atoms with Gasteiger partial charge >= 0.3 is 0 Å². The molecule has 140 valence electrons. The van der Waals surface area contributed by atoms with Crippen LogP contribution in [0.1, 0.15) is 26.4 Å². The number of nitrogens with zero attached hydrogens (tertiary/aromatic N) is 2. The van der Waals surface area contributed by atoms with Crippen LogP contribution in [0.4, 0.5) is 11.4 Å². The number of rotatable bonds is 4. The summed E-state index contributed by atoms with van der Waals surface area (Å²) in [7, 11) is 1.78. The second-order valence-electron chi connectivity index (χ2n) is 6.61. The number of para-hydroxylation sites is 1. The first-order valence-electron chi connectivity index (χ1n) is 8.79. The van der Waals surface area contributed by atoms with Gasteiger partial charge in [0.15, 0.2) is 0 Å². The first-order chi connectivity index (χ1) is 13.5. The third-order valence-electron chi connectivity index (χ3n) is 4.49. The van der Waals surface area contributed by atoms with Gasteiger partial charge in [-0.05, 0) is 36.8 Å². The minimum atomic E-state index is -0.269. The number of anilines is 2. The van der Waals surface area contributed by atoms with Crippen molar-refractivity contribution in [3.8, 4) is 0 Å². The molecule has 0 aliphatic heterocycles. The van der Waals surface area contributed by atoms with Crippen molar-refractivity contribution in [3.05, 3.63) is 77.7 Å². The van der Waals surface area contributed by atoms with Crippen LogP contribution in [0, 0.1) is 6.92 Å². The molecule has 0 aliphatic rings. The highest BCUT2D eigenvalue weighted by molar-refractivity contribution is 6.08. The van der Waals surface area contributed by atoms with Crippen molar-refractivity contribution in [2.75, 3.05) is 10.6 Å². The summed E-state index contributed by atoms with van der Waals surface area (Å²) in [6, 6.07) is 14.7. The second kappa shape index (κ2) is 7.03. The molecule has 7 nitrogen and oxygen atoms in total. The molecule has 0 unspecified atom stereocenters. The number of carbonyl (C=O) groups excluding carboxylic acids is 2. The second-order valence-corrected chi connectivity index (χ2v) is 6.61. The molecule has 0 saturated heterocycles. The third-order valence-corrected chi connectivity index (χ3v) is 4.49. The average Bonchev–Trinajstić information content (AvgIpc) is 3.29. The summed E-state index contributed by atoms with van der Waals surface area (Å²) in [6.45, 7) is 1.88. The van der Waals surface area contributed by atoms with Crippen molar-refractivity contribution in [3.63, 3.8) is 0 Å². The number of fused-ring (bicyclic) bond motifs is 1. The summed E-state index contributed by atoms with van der Waals surface area (Å²) in [5.41, 5.74) is 3.86. The Bertz CT molecular complexity index is 1160. The van der Waals surface area contributed by atoms with Crippen LogP contribution in [0.25, 0.3) is 10.9 Å². The number of aromatic amines is 1. The monoisotopic (exact) mass is 373 g/mol. The van der Waals surface area contributed by atoms with E-state index in [0.717, 1.165) is 16.5 Å². The van der Waals surface area contributed by atoms with E-state index < -0.39 is 0 Å². The predicted molar refractivity (Wildman–Crippen MR) is 109 cm³/mol. The standard InChI is InChI=1S/C21H19N5O2/c1-13-7-8-15(20(27)23-16-11-22-26(2)12-16)10-18(13)25-21(28)19-9-14-5-3-4-6-17(14)24-19/h3-12,24H,1-2H3,(H,23,27)(H,25,28). The van der Waals surface area contributed by atoms with Crippen LogP contribution in [0.2, 0.25) is 0 Å². The van der Waals surface area contributed by atoms with Gasteiger partial charge < -0.3 is 15.6 Å². The Kier molecular flexibility index (Phi) is 4.41. The van der Waals surface area contributed by atoms with E-state index in [1.807, 2.05) is 31.2 Å². The minimum absolute atomic E-state index is 0.260. The molecular formula is C21H19N5O2. The number of hydrogen-bond acceptors (Lipinski definition) is 3. The van der Waals surface area contributed by atoms with Crippen LogP contribution in [0.3, 0.4) is 0 Å². The van der Waals surface area contributed by atoms with Gasteiger partial charge in [-0.1, -0.05) is 24.3 Å². The molecule has 0 radical (unpaired) electrons. The Morgan fingerprint density at radius 2 is 1.86 bits per heavy atom. The molecule has 28 heavy (non-hydrogen) atoms. The summed E-state index contributed by atoms with van der Waals surface area (Å²) in [5, 5.41) is 10.7. The third kappa shape index (κ3) is 3.50. The molecule has 2 aromatic heterocycles. The van der Waals surface area contributed by atoms with Crippen LogP contribution in [0.15, 0.2) is 60.9 Å². The maximum absolute atomic E-state index is 12.7. The summed E-state index contributed by atoms with van der Waals surface area (Å²) in [5.74, 6) is -0.529. The van der Waals surface area contributed by atoms with Gasteiger partial charge in [-0.25, -0.2) is 0 Å². The van der Waals surface area contributed by atoms with Gasteiger partial charge in [0, 0.05) is 35.4 Å². The van der Waals surface area contributed by atoms with E-state index in [0.29, 0.717) is 22.6 Å². The fourth-order valence-corrected chi connectivity index (χ4v) is 2.97. The van der Waals surface area contributed by atoms with Crippen LogP contribution in [-0.4, -0.2) is 26.6 Å². The van der Waals surface area contributed by atoms with Gasteiger partial charge in [-0.2, -0.15) is 5.10 Å². The number of H-pyrrole nitrogens is 1. The molecule has 2 aromatic carbocycles. The van der Waals surface area contributed by atoms with Gasteiger partial charge in [0.05, 0.1) is 11.9 Å². The van der Waals surface area contributed by atoms with Crippen molar-refractivity contribution in [2.45, 2.75) is 6.92 Å². The molecule has 7 heteroatoms. The van der Waals surface area contributed by atoms with E-state index in [4.69, 9.17) is 0 Å². The quantitative estimate of drug-likeness (QED) is 0.509. The fraction of sp³-hybridized carbons (Fsp3) is 0.0952. The van der Waals surface area contributed by atoms with Crippen molar-refractivity contribution in [1.29, 1.82) is 0 Å². The molecular weight excluding hydrogens is 354 g/mol. The Morgan fingerprint density at radius 3 is 2.61 bits per heavy atom. The smallest absolute Gasteiger partial charge is 0.272 e. The number of amides is 2. The molecule has 0 spiro atoms. The minimum Gasteiger partial charge on any atom is -0.351 e. The Balaban J connectivity index is 1.54. The van der Waals surface area contributed by atoms with Crippen LogP contribution in [0.5, 0.6) is 0 Å². The van der Waals surface area contributed by atoms with Gasteiger partial charge in [0.25, 0.3) is 11.8 Å². The lowest BCUT2D eigenvalue weighted by atomic mass is 10.1. The molecule has 0 fully saturated rings. The average molecular weight is 373 g/mol. The number of carbonyl (C=O) groups is 2. The molecule has 0 saturated carbocycles. The first kappa shape index (κ1) is 17.5. The Labute approximate surface area is 161 Å². The van der Waals surface area contributed by atoms with E-state index >= 15 is 0 Å². The van der Waals surface area contributed by atoms with Gasteiger partial charge in [0.1, 0.15) is 5.69 Å². The highest BCUT2D eigenvalue weighted by Gasteiger charge is 2.14. The van der Waals surface area contributed by atoms with Crippen LogP contribution in [-0.2, 0) is 7.05 Å². The number of benzene rings is 2. The Morgan fingerprint density at radius 1 is 1.04 bits per heavy atom. The number of aromatic nitrogens is 3. The zero-order valence-electron chi connectivity index (χ0n) is 15.5. The Hall–Kier alpha value is -3.87. The fourth-order valence-electron chi connectivity index (χ4n) is 2.97. The summed E-state index contributed by atoms with van der Waals surface area (Å²) in [4.78, 5) is 28.3. The highest BCUT2D eigenvalue weighted by atomic mass is 16.2. The molecule has 0 atom stereocenters. The maximum atomic E-state index is 12.7. The van der Waals surface area contributed by atoms with E-state index in [9.17, 15) is 9.59 Å². The molecule has 4 aromatic rings. The van der Waals surface area contributed by atoms with Gasteiger partial charge in [0.2, 0.25) is 0 Å². The normalized spacial score (nSPS) is 10.8. The largest absolute Gasteiger partial charge is 0.351 e. The highest BCUT2D eigenvalue weighted by Crippen LogP contribution is 2.20. The molecule has 0 aliphatic carbocycles. The van der Waals surface area contributed by atoms with Crippen molar-refractivity contribution >= 4 is 34.1 Å². The van der Waals surface area contributed by atoms with E-state index in [-0.39, 0.29) is 11.8 Å². The summed E-state index contributed by atoms with van der Waals surface area (Å²) >= 11 is 0. The lowest BCUT2D eigenvalue weighted by molar-refractivity contribution is 0.101. The number of nitrogens with one attached hydrogen (secondary N) is 3. The zero-order chi connectivity index (χ0) is 19.7. The SMILES string of the molecule is Cc1ccc(C(=O)Nc2cnn(C)c2)cc1NC(=O)c1cc2ccccc2[nH]1. The number of hydrogen-bond donors (Lipinski definition) is 3. The zero-order valence-corrected chi connectivity index (χ0v) is 15.5.